The highest BCUT2D eigenvalue weighted by atomic mass is 35.5. The minimum absolute atomic E-state index is 0. The third kappa shape index (κ3) is 3.93. The van der Waals surface area contributed by atoms with Gasteiger partial charge in [-0.2, -0.15) is 0 Å². The van der Waals surface area contributed by atoms with Crippen molar-refractivity contribution in [2.24, 2.45) is 11.8 Å². The van der Waals surface area contributed by atoms with Crippen molar-refractivity contribution in [3.05, 3.63) is 35.6 Å². The number of halogens is 2. The number of fused-ring (bicyclic) bond motifs is 1. The van der Waals surface area contributed by atoms with Crippen LogP contribution in [0.15, 0.2) is 24.3 Å². The van der Waals surface area contributed by atoms with Gasteiger partial charge in [-0.05, 0) is 31.0 Å². The summed E-state index contributed by atoms with van der Waals surface area (Å²) in [4.78, 5) is 14.1. The number of rotatable bonds is 4. The third-order valence-corrected chi connectivity index (χ3v) is 4.27. The summed E-state index contributed by atoms with van der Waals surface area (Å²) in [6.07, 6.45) is 0. The first kappa shape index (κ1) is 16.2. The second-order valence-corrected chi connectivity index (χ2v) is 5.74. The lowest BCUT2D eigenvalue weighted by Crippen LogP contribution is -2.37. The zero-order valence-corrected chi connectivity index (χ0v) is 12.7. The summed E-state index contributed by atoms with van der Waals surface area (Å²) in [7, 11) is 0. The zero-order valence-electron chi connectivity index (χ0n) is 11.8. The van der Waals surface area contributed by atoms with E-state index in [0.29, 0.717) is 23.9 Å². The average molecular weight is 314 g/mol. The second-order valence-electron chi connectivity index (χ2n) is 5.74. The van der Waals surface area contributed by atoms with E-state index in [1.54, 1.807) is 18.2 Å². The minimum atomic E-state index is -0.269. The van der Waals surface area contributed by atoms with E-state index in [0.717, 1.165) is 26.2 Å². The molecule has 4 nitrogen and oxygen atoms in total. The van der Waals surface area contributed by atoms with Crippen LogP contribution in [-0.4, -0.2) is 43.5 Å². The maximum Gasteiger partial charge on any atom is 0.234 e. The van der Waals surface area contributed by atoms with Crippen LogP contribution >= 0.6 is 12.4 Å². The molecule has 0 aromatic heterocycles. The Morgan fingerprint density at radius 1 is 1.29 bits per heavy atom. The summed E-state index contributed by atoms with van der Waals surface area (Å²) < 4.78 is 13.4. The Morgan fingerprint density at radius 3 is 2.62 bits per heavy atom. The highest BCUT2D eigenvalue weighted by molar-refractivity contribution is 5.85. The fourth-order valence-corrected chi connectivity index (χ4v) is 3.18. The third-order valence-electron chi connectivity index (χ3n) is 4.27. The highest BCUT2D eigenvalue weighted by Gasteiger charge is 2.36. The summed E-state index contributed by atoms with van der Waals surface area (Å²) in [6.45, 7) is 4.79. The molecular formula is C15H21ClFN3O. The summed E-state index contributed by atoms with van der Waals surface area (Å²) in [5.74, 6) is 1.08. The van der Waals surface area contributed by atoms with Crippen LogP contribution in [-0.2, 0) is 11.3 Å². The predicted octanol–water partition coefficient (Wildman–Crippen LogP) is 1.01. The van der Waals surface area contributed by atoms with E-state index < -0.39 is 0 Å². The smallest absolute Gasteiger partial charge is 0.234 e. The predicted molar refractivity (Wildman–Crippen MR) is 81.8 cm³/mol. The molecule has 0 bridgehead atoms. The molecule has 1 aromatic carbocycles. The van der Waals surface area contributed by atoms with E-state index in [9.17, 15) is 9.18 Å². The topological polar surface area (TPSA) is 44.4 Å². The van der Waals surface area contributed by atoms with Gasteiger partial charge in [-0.25, -0.2) is 4.39 Å². The lowest BCUT2D eigenvalue weighted by atomic mass is 10.0. The Balaban J connectivity index is 0.00000161. The van der Waals surface area contributed by atoms with E-state index in [2.05, 4.69) is 15.5 Å². The summed E-state index contributed by atoms with van der Waals surface area (Å²) >= 11 is 0. The van der Waals surface area contributed by atoms with Gasteiger partial charge in [-0.15, -0.1) is 12.4 Å². The van der Waals surface area contributed by atoms with Crippen LogP contribution in [0.3, 0.4) is 0 Å². The summed E-state index contributed by atoms with van der Waals surface area (Å²) in [5.41, 5.74) is 0.531. The van der Waals surface area contributed by atoms with Crippen molar-refractivity contribution in [1.82, 2.24) is 15.5 Å². The molecule has 2 N–H and O–H groups in total. The molecule has 2 saturated heterocycles. The molecule has 6 heteroatoms. The number of likely N-dealkylation sites (tertiary alicyclic amines) is 1. The van der Waals surface area contributed by atoms with Gasteiger partial charge in [0, 0.05) is 25.2 Å². The van der Waals surface area contributed by atoms with Crippen molar-refractivity contribution in [1.29, 1.82) is 0 Å². The number of nitrogens with zero attached hydrogens (tertiary/aromatic N) is 1. The first-order valence-corrected chi connectivity index (χ1v) is 7.15. The normalized spacial score (nSPS) is 24.4. The number of nitrogens with one attached hydrogen (secondary N) is 2. The average Bonchev–Trinajstić information content (AvgIpc) is 2.98. The molecule has 2 aliphatic rings. The van der Waals surface area contributed by atoms with E-state index in [1.807, 2.05) is 0 Å². The van der Waals surface area contributed by atoms with E-state index in [-0.39, 0.29) is 30.7 Å². The Labute approximate surface area is 130 Å². The minimum Gasteiger partial charge on any atom is -0.351 e. The fourth-order valence-electron chi connectivity index (χ4n) is 3.18. The van der Waals surface area contributed by atoms with Gasteiger partial charge in [-0.3, -0.25) is 9.69 Å². The molecule has 0 saturated carbocycles. The summed E-state index contributed by atoms with van der Waals surface area (Å²) in [5, 5.41) is 6.18. The van der Waals surface area contributed by atoms with E-state index in [1.165, 1.54) is 6.07 Å². The van der Waals surface area contributed by atoms with Gasteiger partial charge in [0.15, 0.2) is 0 Å². The van der Waals surface area contributed by atoms with Crippen molar-refractivity contribution in [2.45, 2.75) is 6.54 Å². The molecule has 0 aliphatic carbocycles. The van der Waals surface area contributed by atoms with E-state index in [4.69, 9.17) is 0 Å². The fraction of sp³-hybridized carbons (Fsp3) is 0.533. The van der Waals surface area contributed by atoms with Gasteiger partial charge in [0.2, 0.25) is 5.91 Å². The molecular weight excluding hydrogens is 293 g/mol. The number of hydrogen-bond acceptors (Lipinski definition) is 3. The molecule has 2 atom stereocenters. The van der Waals surface area contributed by atoms with E-state index >= 15 is 0 Å². The lowest BCUT2D eigenvalue weighted by molar-refractivity contribution is -0.122. The molecule has 2 heterocycles. The Kier molecular flexibility index (Phi) is 5.56. The highest BCUT2D eigenvalue weighted by Crippen LogP contribution is 2.25. The van der Waals surface area contributed by atoms with Gasteiger partial charge in [0.25, 0.3) is 0 Å². The SMILES string of the molecule is Cl.O=C(CN1C[C@H]2CNC[C@H]2C1)NCc1ccccc1F. The Hall–Kier alpha value is -1.17. The van der Waals surface area contributed by atoms with Gasteiger partial charge in [0.1, 0.15) is 5.82 Å². The molecule has 1 aromatic rings. The van der Waals surface area contributed by atoms with Gasteiger partial charge >= 0.3 is 0 Å². The molecule has 21 heavy (non-hydrogen) atoms. The zero-order chi connectivity index (χ0) is 13.9. The molecule has 116 valence electrons. The molecule has 0 radical (unpaired) electrons. The van der Waals surface area contributed by atoms with Crippen molar-refractivity contribution in [3.8, 4) is 0 Å². The second kappa shape index (κ2) is 7.20. The quantitative estimate of drug-likeness (QED) is 0.872. The van der Waals surface area contributed by atoms with Crippen LogP contribution in [0.2, 0.25) is 0 Å². The number of carbonyl (C=O) groups is 1. The largest absolute Gasteiger partial charge is 0.351 e. The monoisotopic (exact) mass is 313 g/mol. The first-order chi connectivity index (χ1) is 9.72. The van der Waals surface area contributed by atoms with Crippen LogP contribution in [0.4, 0.5) is 4.39 Å². The van der Waals surface area contributed by atoms with Crippen LogP contribution in [0.1, 0.15) is 5.56 Å². The number of carbonyl (C=O) groups excluding carboxylic acids is 1. The Morgan fingerprint density at radius 2 is 1.95 bits per heavy atom. The number of benzene rings is 1. The molecule has 0 unspecified atom stereocenters. The van der Waals surface area contributed by atoms with Crippen molar-refractivity contribution >= 4 is 18.3 Å². The van der Waals surface area contributed by atoms with Crippen LogP contribution < -0.4 is 10.6 Å². The molecule has 2 aliphatic heterocycles. The standard InChI is InChI=1S/C15H20FN3O.ClH/c16-14-4-2-1-3-11(14)7-18-15(20)10-19-8-12-5-17-6-13(12)9-19;/h1-4,12-13,17H,5-10H2,(H,18,20);1H/t12-,13+;. The van der Waals surface area contributed by atoms with Gasteiger partial charge in [-0.1, -0.05) is 18.2 Å². The van der Waals surface area contributed by atoms with Crippen molar-refractivity contribution in [3.63, 3.8) is 0 Å². The molecule has 1 amide bonds. The van der Waals surface area contributed by atoms with Gasteiger partial charge < -0.3 is 10.6 Å². The molecule has 0 spiro atoms. The molecule has 3 rings (SSSR count). The lowest BCUT2D eigenvalue weighted by Gasteiger charge is -2.16. The van der Waals surface area contributed by atoms with Crippen molar-refractivity contribution < 1.29 is 9.18 Å². The first-order valence-electron chi connectivity index (χ1n) is 7.15. The maximum atomic E-state index is 13.4. The van der Waals surface area contributed by atoms with Gasteiger partial charge in [0.05, 0.1) is 6.54 Å². The Bertz CT molecular complexity index is 488. The van der Waals surface area contributed by atoms with Crippen LogP contribution in [0.25, 0.3) is 0 Å². The van der Waals surface area contributed by atoms with Crippen molar-refractivity contribution in [2.75, 3.05) is 32.7 Å². The number of hydrogen-bond donors (Lipinski definition) is 2. The summed E-state index contributed by atoms with van der Waals surface area (Å²) in [6, 6.07) is 6.54. The molecule has 2 fully saturated rings. The van der Waals surface area contributed by atoms with Crippen LogP contribution in [0, 0.1) is 17.7 Å². The maximum absolute atomic E-state index is 13.4. The number of amides is 1. The van der Waals surface area contributed by atoms with Crippen LogP contribution in [0.5, 0.6) is 0 Å².